The van der Waals surface area contributed by atoms with Gasteiger partial charge in [0.25, 0.3) is 0 Å². The zero-order valence-corrected chi connectivity index (χ0v) is 31.5. The van der Waals surface area contributed by atoms with Crippen molar-refractivity contribution in [2.24, 2.45) is 0 Å². The van der Waals surface area contributed by atoms with Gasteiger partial charge in [-0.2, -0.15) is 0 Å². The molecule has 11 aromatic rings. The lowest BCUT2D eigenvalue weighted by Crippen LogP contribution is -2.11. The molecule has 4 nitrogen and oxygen atoms in total. The Kier molecular flexibility index (Phi) is 8.11. The van der Waals surface area contributed by atoms with Crippen LogP contribution in [0.3, 0.4) is 0 Å². The van der Waals surface area contributed by atoms with Gasteiger partial charge in [0.2, 0.25) is 0 Å². The molecule has 0 amide bonds. The fourth-order valence-corrected chi connectivity index (χ4v) is 8.30. The average Bonchev–Trinajstić information content (AvgIpc) is 3.86. The second-order valence-corrected chi connectivity index (χ2v) is 14.5. The van der Waals surface area contributed by atoms with Crippen molar-refractivity contribution in [3.63, 3.8) is 0 Å². The van der Waals surface area contributed by atoms with Crippen LogP contribution >= 0.6 is 0 Å². The summed E-state index contributed by atoms with van der Waals surface area (Å²) in [4.78, 5) is 4.66. The maximum absolute atomic E-state index is 6.23. The third-order valence-electron chi connectivity index (χ3n) is 11.0. The Morgan fingerprint density at radius 1 is 0.259 bits per heavy atom. The summed E-state index contributed by atoms with van der Waals surface area (Å²) >= 11 is 0. The van der Waals surface area contributed by atoms with Crippen LogP contribution in [-0.4, -0.2) is 0 Å². The Labute approximate surface area is 336 Å². The highest BCUT2D eigenvalue weighted by Crippen LogP contribution is 2.45. The average molecular weight is 745 g/mol. The molecule has 0 N–H and O–H groups in total. The van der Waals surface area contributed by atoms with E-state index in [0.717, 1.165) is 100 Å². The highest BCUT2D eigenvalue weighted by molar-refractivity contribution is 6.08. The molecule has 0 unspecified atom stereocenters. The number of hydrogen-bond donors (Lipinski definition) is 0. The minimum absolute atomic E-state index is 0.876. The monoisotopic (exact) mass is 744 g/mol. The zero-order valence-electron chi connectivity index (χ0n) is 31.5. The molecule has 0 fully saturated rings. The summed E-state index contributed by atoms with van der Waals surface area (Å²) in [6, 6.07) is 77.0. The predicted molar refractivity (Wildman–Crippen MR) is 241 cm³/mol. The third-order valence-corrected chi connectivity index (χ3v) is 11.0. The van der Waals surface area contributed by atoms with Gasteiger partial charge in [-0.25, -0.2) is 0 Å². The smallest absolute Gasteiger partial charge is 0.135 e. The normalized spacial score (nSPS) is 11.4. The van der Waals surface area contributed by atoms with E-state index in [2.05, 4.69) is 204 Å². The Hall–Kier alpha value is -7.82. The molecule has 0 aliphatic carbocycles. The maximum Gasteiger partial charge on any atom is 0.135 e. The first-order chi connectivity index (χ1) is 28.7. The summed E-state index contributed by atoms with van der Waals surface area (Å²) in [6.45, 7) is 0. The molecule has 0 radical (unpaired) electrons. The van der Waals surface area contributed by atoms with Gasteiger partial charge < -0.3 is 18.6 Å². The van der Waals surface area contributed by atoms with Crippen LogP contribution in [0.5, 0.6) is 0 Å². The van der Waals surface area contributed by atoms with Crippen molar-refractivity contribution < 1.29 is 8.83 Å². The van der Waals surface area contributed by atoms with Crippen LogP contribution in [0.1, 0.15) is 0 Å². The van der Waals surface area contributed by atoms with Gasteiger partial charge in [0.15, 0.2) is 0 Å². The lowest BCUT2D eigenvalue weighted by molar-refractivity contribution is 0.668. The van der Waals surface area contributed by atoms with Gasteiger partial charge in [-0.05, 0) is 114 Å². The van der Waals surface area contributed by atoms with Gasteiger partial charge in [-0.1, -0.05) is 121 Å². The number of anilines is 6. The molecule has 9 aromatic carbocycles. The van der Waals surface area contributed by atoms with E-state index in [9.17, 15) is 0 Å². The van der Waals surface area contributed by atoms with E-state index < -0.39 is 0 Å². The molecule has 0 saturated heterocycles. The number of hydrogen-bond acceptors (Lipinski definition) is 4. The largest absolute Gasteiger partial charge is 0.456 e. The summed E-state index contributed by atoms with van der Waals surface area (Å²) in [5.74, 6) is 0. The molecule has 58 heavy (non-hydrogen) atoms. The second kappa shape index (κ2) is 14.0. The van der Waals surface area contributed by atoms with E-state index in [0.29, 0.717) is 0 Å². The summed E-state index contributed by atoms with van der Waals surface area (Å²) < 4.78 is 12.4. The minimum atomic E-state index is 0.876. The van der Waals surface area contributed by atoms with E-state index in [1.165, 1.54) is 0 Å². The summed E-state index contributed by atoms with van der Waals surface area (Å²) in [6.07, 6.45) is 0. The third kappa shape index (κ3) is 5.87. The van der Waals surface area contributed by atoms with Gasteiger partial charge in [-0.3, -0.25) is 0 Å². The molecule has 0 aliphatic heterocycles. The van der Waals surface area contributed by atoms with Gasteiger partial charge in [0.1, 0.15) is 22.3 Å². The van der Waals surface area contributed by atoms with E-state index >= 15 is 0 Å². The molecule has 2 aromatic heterocycles. The van der Waals surface area contributed by atoms with Crippen LogP contribution in [0.2, 0.25) is 0 Å². The van der Waals surface area contributed by atoms with Crippen LogP contribution in [0.15, 0.2) is 227 Å². The predicted octanol–water partition coefficient (Wildman–Crippen LogP) is 15.8. The van der Waals surface area contributed by atoms with Crippen molar-refractivity contribution in [3.05, 3.63) is 218 Å². The summed E-state index contributed by atoms with van der Waals surface area (Å²) in [7, 11) is 0. The summed E-state index contributed by atoms with van der Waals surface area (Å²) in [5.41, 5.74) is 14.5. The van der Waals surface area contributed by atoms with Gasteiger partial charge in [0, 0.05) is 55.5 Å². The van der Waals surface area contributed by atoms with Crippen molar-refractivity contribution >= 4 is 78.0 Å². The fraction of sp³-hybridized carbons (Fsp3) is 0. The number of furan rings is 2. The van der Waals surface area contributed by atoms with Gasteiger partial charge >= 0.3 is 0 Å². The molecule has 4 heteroatoms. The lowest BCUT2D eigenvalue weighted by atomic mass is 9.96. The molecule has 0 atom stereocenters. The maximum atomic E-state index is 6.23. The number of rotatable bonds is 8. The molecule has 0 spiro atoms. The van der Waals surface area contributed by atoms with Crippen LogP contribution in [0, 0.1) is 0 Å². The number of benzene rings is 9. The van der Waals surface area contributed by atoms with Crippen LogP contribution in [0.25, 0.3) is 66.1 Å². The molecular formula is C54H36N2O2. The highest BCUT2D eigenvalue weighted by atomic mass is 16.3. The molecule has 0 saturated carbocycles. The highest BCUT2D eigenvalue weighted by Gasteiger charge is 2.21. The van der Waals surface area contributed by atoms with Crippen molar-refractivity contribution in [2.45, 2.75) is 0 Å². The Balaban J connectivity index is 1.02. The van der Waals surface area contributed by atoms with Crippen molar-refractivity contribution in [3.8, 4) is 22.3 Å². The first-order valence-electron chi connectivity index (χ1n) is 19.6. The zero-order chi connectivity index (χ0) is 38.4. The van der Waals surface area contributed by atoms with Crippen LogP contribution in [0.4, 0.5) is 34.1 Å². The SMILES string of the molecule is c1ccc(-c2cc(-c3ccc(N(c4ccccc4)c4ccc5oc6ccccc6c5c4)cc3)ccc2N(c2ccccc2)c2ccc3oc4ccccc4c3c2)cc1. The fourth-order valence-electron chi connectivity index (χ4n) is 8.30. The first kappa shape index (κ1) is 33.5. The van der Waals surface area contributed by atoms with E-state index in [1.54, 1.807) is 0 Å². The number of nitrogens with zero attached hydrogens (tertiary/aromatic N) is 2. The minimum Gasteiger partial charge on any atom is -0.456 e. The van der Waals surface area contributed by atoms with Crippen molar-refractivity contribution in [1.82, 2.24) is 0 Å². The first-order valence-corrected chi connectivity index (χ1v) is 19.6. The molecule has 2 heterocycles. The summed E-state index contributed by atoms with van der Waals surface area (Å²) in [5, 5.41) is 4.41. The van der Waals surface area contributed by atoms with Crippen molar-refractivity contribution in [2.75, 3.05) is 9.80 Å². The Morgan fingerprint density at radius 3 is 1.28 bits per heavy atom. The van der Waals surface area contributed by atoms with Gasteiger partial charge in [0.05, 0.1) is 5.69 Å². The van der Waals surface area contributed by atoms with Gasteiger partial charge in [-0.15, -0.1) is 0 Å². The van der Waals surface area contributed by atoms with Crippen LogP contribution < -0.4 is 9.80 Å². The number of para-hydroxylation sites is 4. The van der Waals surface area contributed by atoms with E-state index in [1.807, 2.05) is 24.3 Å². The Bertz CT molecular complexity index is 3220. The molecular weight excluding hydrogens is 709 g/mol. The molecule has 0 bridgehead atoms. The van der Waals surface area contributed by atoms with E-state index in [-0.39, 0.29) is 0 Å². The quantitative estimate of drug-likeness (QED) is 0.155. The standard InChI is InChI=1S/C54H36N2O2/c1-4-14-38(15-5-1)47-34-39(26-31-50(47)56(41-18-8-3-9-19-41)44-30-33-54-49(36-44)46-21-11-13-23-52(46)58-54)37-24-27-42(28-25-37)55(40-16-6-2-7-17-40)43-29-32-53-48(35-43)45-20-10-12-22-51(45)57-53/h1-36H. The molecule has 274 valence electrons. The molecule has 11 rings (SSSR count). The number of fused-ring (bicyclic) bond motifs is 6. The Morgan fingerprint density at radius 2 is 0.690 bits per heavy atom. The second-order valence-electron chi connectivity index (χ2n) is 14.5. The van der Waals surface area contributed by atoms with Crippen LogP contribution in [-0.2, 0) is 0 Å². The topological polar surface area (TPSA) is 32.8 Å². The lowest BCUT2D eigenvalue weighted by Gasteiger charge is -2.28. The molecule has 0 aliphatic rings. The van der Waals surface area contributed by atoms with Crippen molar-refractivity contribution in [1.29, 1.82) is 0 Å². The van der Waals surface area contributed by atoms with E-state index in [4.69, 9.17) is 8.83 Å².